The van der Waals surface area contributed by atoms with Crippen molar-refractivity contribution in [1.29, 1.82) is 0 Å². The fourth-order valence-corrected chi connectivity index (χ4v) is 12.3. The number of Topliss-reactive ketones (excluding diaryl/α,β-unsaturated/α-hetero) is 1. The van der Waals surface area contributed by atoms with Gasteiger partial charge in [-0.25, -0.2) is 9.59 Å². The molecule has 2 aliphatic heterocycles. The summed E-state index contributed by atoms with van der Waals surface area (Å²) < 4.78 is 53.5. The number of rotatable bonds is 18. The minimum absolute atomic E-state index is 0.0160. The number of hydrogen-bond donors (Lipinski definition) is 6. The van der Waals surface area contributed by atoms with E-state index in [0.717, 1.165) is 13.8 Å². The Morgan fingerprint density at radius 3 is 2.02 bits per heavy atom. The predicted molar refractivity (Wildman–Crippen MR) is 275 cm³/mol. The van der Waals surface area contributed by atoms with Crippen molar-refractivity contribution in [2.45, 2.75) is 152 Å². The smallest absolute Gasteiger partial charge is 0.350 e. The van der Waals surface area contributed by atoms with E-state index in [1.165, 1.54) is 59.1 Å². The van der Waals surface area contributed by atoms with Gasteiger partial charge >= 0.3 is 29.8 Å². The Balaban J connectivity index is 1.22. The highest BCUT2D eigenvalue weighted by Crippen LogP contribution is 2.64. The van der Waals surface area contributed by atoms with Crippen LogP contribution < -0.4 is 5.32 Å². The Hall–Kier alpha value is -6.47. The lowest BCUT2D eigenvalue weighted by Gasteiger charge is -2.67. The van der Waals surface area contributed by atoms with Gasteiger partial charge in [0.15, 0.2) is 23.8 Å². The minimum Gasteiger partial charge on any atom is -0.455 e. The molecule has 80 heavy (non-hydrogen) atoms. The van der Waals surface area contributed by atoms with E-state index in [9.17, 15) is 49.5 Å². The first kappa shape index (κ1) is 59.6. The lowest BCUT2D eigenvalue weighted by Crippen LogP contribution is -2.82. The van der Waals surface area contributed by atoms with E-state index in [1.807, 2.05) is 0 Å². The zero-order chi connectivity index (χ0) is 58.1. The van der Waals surface area contributed by atoms with Crippen LogP contribution in [0.4, 0.5) is 0 Å². The van der Waals surface area contributed by atoms with Crippen LogP contribution in [0.2, 0.25) is 0 Å². The number of carbonyl (C=O) groups is 7. The molecule has 2 saturated carbocycles. The van der Waals surface area contributed by atoms with E-state index in [4.69, 9.17) is 42.6 Å². The molecule has 3 aromatic rings. The number of amides is 1. The van der Waals surface area contributed by atoms with Crippen molar-refractivity contribution in [3.63, 3.8) is 0 Å². The van der Waals surface area contributed by atoms with Crippen molar-refractivity contribution >= 4 is 41.5 Å². The Bertz CT molecular complexity index is 2810. The minimum atomic E-state index is -2.52. The number of carbonyl (C=O) groups excluding carboxylic acids is 7. The van der Waals surface area contributed by atoms with Crippen molar-refractivity contribution < 1.29 is 102 Å². The maximum Gasteiger partial charge on any atom is 0.350 e. The molecule has 0 unspecified atom stereocenters. The Kier molecular flexibility index (Phi) is 17.8. The summed E-state index contributed by atoms with van der Waals surface area (Å²) in [7, 11) is 1.27. The zero-order valence-electron chi connectivity index (χ0n) is 45.4. The van der Waals surface area contributed by atoms with E-state index < -0.39 is 162 Å². The number of nitrogens with one attached hydrogen (secondary N) is 1. The summed E-state index contributed by atoms with van der Waals surface area (Å²) >= 11 is 0. The van der Waals surface area contributed by atoms with Gasteiger partial charge in [0, 0.05) is 57.8 Å². The number of aliphatic hydroxyl groups excluding tert-OH is 4. The quantitative estimate of drug-likeness (QED) is 0.0461. The molecule has 22 nitrogen and oxygen atoms in total. The van der Waals surface area contributed by atoms with E-state index in [2.05, 4.69) is 5.32 Å². The van der Waals surface area contributed by atoms with Crippen LogP contribution in [-0.4, -0.2) is 173 Å². The van der Waals surface area contributed by atoms with Crippen LogP contribution >= 0.6 is 0 Å². The number of benzene rings is 3. The van der Waals surface area contributed by atoms with Gasteiger partial charge in [-0.3, -0.25) is 24.0 Å². The van der Waals surface area contributed by atoms with Gasteiger partial charge in [0.2, 0.25) is 6.10 Å². The molecule has 3 aromatic carbocycles. The van der Waals surface area contributed by atoms with Crippen molar-refractivity contribution in [3.05, 3.63) is 119 Å². The molecular weight excluding hydrogens is 1050 g/mol. The molecule has 432 valence electrons. The molecule has 0 radical (unpaired) electrons. The fourth-order valence-electron chi connectivity index (χ4n) is 12.3. The van der Waals surface area contributed by atoms with Crippen LogP contribution in [0.1, 0.15) is 99.5 Å². The topological polar surface area (TPSA) is 316 Å². The van der Waals surface area contributed by atoms with Crippen molar-refractivity contribution in [2.24, 2.45) is 16.7 Å². The Morgan fingerprint density at radius 1 is 0.825 bits per heavy atom. The molecule has 3 aliphatic carbocycles. The summed E-state index contributed by atoms with van der Waals surface area (Å²) in [6.07, 6.45) is -18.5. The highest BCUT2D eigenvalue weighted by atomic mass is 16.7. The van der Waals surface area contributed by atoms with Crippen LogP contribution in [0, 0.1) is 16.7 Å². The summed E-state index contributed by atoms with van der Waals surface area (Å²) in [4.78, 5) is 101. The first-order valence-corrected chi connectivity index (χ1v) is 26.4. The highest BCUT2D eigenvalue weighted by molar-refractivity contribution is 5.96. The first-order valence-electron chi connectivity index (χ1n) is 26.4. The molecule has 2 heterocycles. The van der Waals surface area contributed by atoms with Gasteiger partial charge in [-0.1, -0.05) is 80.6 Å². The number of esters is 5. The van der Waals surface area contributed by atoms with Crippen molar-refractivity contribution in [2.75, 3.05) is 26.9 Å². The lowest BCUT2D eigenvalue weighted by molar-refractivity contribution is -0.346. The van der Waals surface area contributed by atoms with Crippen LogP contribution in [0.5, 0.6) is 0 Å². The summed E-state index contributed by atoms with van der Waals surface area (Å²) in [6, 6.07) is 22.3. The normalized spacial score (nSPS) is 33.1. The molecule has 16 atom stereocenters. The molecule has 22 heteroatoms. The molecular formula is C58H69NO21. The second kappa shape index (κ2) is 23.9. The zero-order valence-corrected chi connectivity index (χ0v) is 45.4. The summed E-state index contributed by atoms with van der Waals surface area (Å²) in [6.45, 7) is 6.84. The molecule has 2 bridgehead atoms. The first-order chi connectivity index (χ1) is 37.9. The number of methoxy groups -OCH3 is 1. The highest BCUT2D eigenvalue weighted by Gasteiger charge is 2.78. The lowest BCUT2D eigenvalue weighted by atomic mass is 9.44. The monoisotopic (exact) mass is 1120 g/mol. The maximum atomic E-state index is 15.8. The molecule has 8 rings (SSSR count). The number of hydrogen-bond acceptors (Lipinski definition) is 21. The van der Waals surface area contributed by atoms with Crippen LogP contribution in [-0.2, 0) is 66.6 Å². The summed E-state index contributed by atoms with van der Waals surface area (Å²) in [5.74, 6) is -8.32. The summed E-state index contributed by atoms with van der Waals surface area (Å²) in [5.41, 5.74) is -7.85. The molecule has 5 aliphatic rings. The van der Waals surface area contributed by atoms with Gasteiger partial charge in [0.05, 0.1) is 36.2 Å². The molecule has 0 aromatic heterocycles. The standard InChI is InChI=1S/C58H69NO21/c1-30-36(76-53(70)46(42(33-18-11-8-12-19-33)59-51(68)34-20-13-9-14-21-34)78-40(64)24-17-25-73-47-44(66)43(65)37(28-60)77-54(47)72-7)27-58(71)50(79-52(69)35-22-15-10-16-23-35)48-56(6,38(63)26-39-57(48,29-74-39)80-32(3)62)49(67)45(75-31(2)61)41(30)55(58,4)5/h8-16,18-23,36-39,42-48,50,54,60,63,65-66,71H,17,24-29H2,1-7H3,(H,59,68)/t36-,37+,38-,39+,42-,43+,44-,45+,46+,47+,48-,50-,54-,56+,57-,58+/m0/s1. The largest absolute Gasteiger partial charge is 0.455 e. The van der Waals surface area contributed by atoms with Gasteiger partial charge in [0.25, 0.3) is 5.91 Å². The number of aliphatic hydroxyl groups is 5. The van der Waals surface area contributed by atoms with Gasteiger partial charge in [-0.2, -0.15) is 0 Å². The third kappa shape index (κ3) is 11.0. The predicted octanol–water partition coefficient (Wildman–Crippen LogP) is 2.54. The molecule has 4 fully saturated rings. The Labute approximate surface area is 461 Å². The van der Waals surface area contributed by atoms with Crippen LogP contribution in [0.3, 0.4) is 0 Å². The van der Waals surface area contributed by atoms with Crippen molar-refractivity contribution in [1.82, 2.24) is 5.32 Å². The van der Waals surface area contributed by atoms with E-state index >= 15 is 9.59 Å². The second-order valence-electron chi connectivity index (χ2n) is 21.7. The van der Waals surface area contributed by atoms with Crippen molar-refractivity contribution in [3.8, 4) is 0 Å². The average Bonchev–Trinajstić information content (AvgIpc) is 3.52. The van der Waals surface area contributed by atoms with Gasteiger partial charge < -0.3 is 73.5 Å². The third-order valence-electron chi connectivity index (χ3n) is 16.6. The van der Waals surface area contributed by atoms with E-state index in [0.29, 0.717) is 0 Å². The van der Waals surface area contributed by atoms with E-state index in [-0.39, 0.29) is 53.9 Å². The average molecular weight is 1120 g/mol. The summed E-state index contributed by atoms with van der Waals surface area (Å²) in [5, 5.41) is 60.0. The maximum absolute atomic E-state index is 15.8. The molecule has 1 amide bonds. The number of fused-ring (bicyclic) bond motifs is 5. The third-order valence-corrected chi connectivity index (χ3v) is 16.6. The number of ketones is 1. The molecule has 2 saturated heterocycles. The van der Waals surface area contributed by atoms with Gasteiger partial charge in [0.1, 0.15) is 54.4 Å². The SMILES string of the molecule is CO[C@H]1O[C@H](CO)[C@@H](O)[C@H](O)[C@H]1OCCCC(=O)O[C@@H](C(=O)O[C@H]1C[C@@]2(O)[C@@H](OC(=O)c3ccccc3)[C@@H]3[C@]4(OC(C)=O)CO[C@@H]4C[C@H](O)[C@@]3(C)C(=O)[C@H](OC(C)=O)C(=C1C)C2(C)C)[C@@H](NC(=O)c1ccccc1)c1ccccc1. The fraction of sp³-hybridized carbons (Fsp3) is 0.534. The van der Waals surface area contributed by atoms with Gasteiger partial charge in [-0.15, -0.1) is 0 Å². The second-order valence-corrected chi connectivity index (χ2v) is 21.7. The van der Waals surface area contributed by atoms with Crippen LogP contribution in [0.25, 0.3) is 0 Å². The van der Waals surface area contributed by atoms with Gasteiger partial charge in [-0.05, 0) is 61.2 Å². The Morgan fingerprint density at radius 2 is 1.45 bits per heavy atom. The van der Waals surface area contributed by atoms with Crippen LogP contribution in [0.15, 0.2) is 102 Å². The van der Waals surface area contributed by atoms with E-state index in [1.54, 1.807) is 66.7 Å². The number of ether oxygens (including phenoxy) is 9. The molecule has 0 spiro atoms. The molecule has 6 N–H and O–H groups in total.